The van der Waals surface area contributed by atoms with Gasteiger partial charge >= 0.3 is 6.18 Å². The van der Waals surface area contributed by atoms with Crippen molar-refractivity contribution in [2.24, 2.45) is 0 Å². The van der Waals surface area contributed by atoms with Gasteiger partial charge in [-0.25, -0.2) is 0 Å². The molecule has 2 aromatic rings. The Balaban J connectivity index is 2.60. The molecule has 3 N–H and O–H groups in total. The van der Waals surface area contributed by atoms with Crippen LogP contribution in [0, 0.1) is 0 Å². The molecule has 114 valence electrons. The van der Waals surface area contributed by atoms with Gasteiger partial charge in [0.1, 0.15) is 6.54 Å². The highest BCUT2D eigenvalue weighted by Gasteiger charge is 2.32. The van der Waals surface area contributed by atoms with Gasteiger partial charge in [-0.2, -0.15) is 13.2 Å². The van der Waals surface area contributed by atoms with Gasteiger partial charge in [-0.05, 0) is 18.2 Å². The molecule has 0 radical (unpaired) electrons. The lowest BCUT2D eigenvalue weighted by Gasteiger charge is -2.27. The molecule has 0 saturated heterocycles. The molecule has 0 saturated carbocycles. The van der Waals surface area contributed by atoms with E-state index in [2.05, 4.69) is 20.9 Å². The van der Waals surface area contributed by atoms with Gasteiger partial charge in [-0.15, -0.1) is 0 Å². The largest absolute Gasteiger partial charge is 0.405 e. The number of nitrogens with two attached hydrogens (primary N) is 1. The summed E-state index contributed by atoms with van der Waals surface area (Å²) in [6, 6.07) is 5.09. The molecule has 8 heteroatoms. The molecule has 0 bridgehead atoms. The molecule has 0 unspecified atom stereocenters. The van der Waals surface area contributed by atoms with E-state index in [0.717, 1.165) is 4.90 Å². The second-order valence-corrected chi connectivity index (χ2v) is 5.40. The van der Waals surface area contributed by atoms with E-state index < -0.39 is 19.3 Å². The first-order valence-corrected chi connectivity index (χ1v) is 6.87. The lowest BCUT2D eigenvalue weighted by atomic mass is 10.1. The van der Waals surface area contributed by atoms with Crippen LogP contribution in [0.15, 0.2) is 28.9 Å². The lowest BCUT2D eigenvalue weighted by Crippen LogP contribution is -2.36. The third-order valence-corrected chi connectivity index (χ3v) is 3.38. The van der Waals surface area contributed by atoms with Crippen LogP contribution >= 0.6 is 15.9 Å². The number of hydrogen-bond donors (Lipinski definition) is 2. The predicted molar refractivity (Wildman–Crippen MR) is 79.2 cm³/mol. The summed E-state index contributed by atoms with van der Waals surface area (Å²) in [7, 11) is 0. The number of fused-ring (bicyclic) bond motifs is 1. The van der Waals surface area contributed by atoms with Crippen molar-refractivity contribution >= 4 is 38.2 Å². The van der Waals surface area contributed by atoms with Gasteiger partial charge in [-0.1, -0.05) is 15.9 Å². The van der Waals surface area contributed by atoms with E-state index in [1.165, 1.54) is 6.20 Å². The fourth-order valence-corrected chi connectivity index (χ4v) is 2.49. The number of anilines is 2. The van der Waals surface area contributed by atoms with Gasteiger partial charge in [0.05, 0.1) is 29.7 Å². The summed E-state index contributed by atoms with van der Waals surface area (Å²) in [5, 5.41) is 9.54. The number of rotatable bonds is 4. The van der Waals surface area contributed by atoms with Crippen LogP contribution in [0.2, 0.25) is 0 Å². The first-order valence-electron chi connectivity index (χ1n) is 6.08. The summed E-state index contributed by atoms with van der Waals surface area (Å²) < 4.78 is 38.9. The molecular formula is C13H13BrF3N3O. The summed E-state index contributed by atoms with van der Waals surface area (Å²) in [4.78, 5) is 5.12. The molecule has 21 heavy (non-hydrogen) atoms. The van der Waals surface area contributed by atoms with E-state index in [9.17, 15) is 13.2 Å². The summed E-state index contributed by atoms with van der Waals surface area (Å²) in [5.74, 6) is 0. The number of pyridine rings is 1. The molecule has 4 nitrogen and oxygen atoms in total. The van der Waals surface area contributed by atoms with Crippen molar-refractivity contribution in [3.8, 4) is 0 Å². The maximum atomic E-state index is 12.7. The molecule has 1 heterocycles. The number of aliphatic hydroxyl groups is 1. The van der Waals surface area contributed by atoms with Crippen molar-refractivity contribution in [2.45, 2.75) is 6.18 Å². The lowest BCUT2D eigenvalue weighted by molar-refractivity contribution is -0.119. The zero-order valence-electron chi connectivity index (χ0n) is 10.9. The Morgan fingerprint density at radius 3 is 2.67 bits per heavy atom. The monoisotopic (exact) mass is 363 g/mol. The number of nitrogens with zero attached hydrogens (tertiary/aromatic N) is 2. The van der Waals surface area contributed by atoms with Gasteiger partial charge in [-0.3, -0.25) is 4.98 Å². The number of halogens is 4. The van der Waals surface area contributed by atoms with Crippen LogP contribution in [0.4, 0.5) is 24.5 Å². The zero-order valence-corrected chi connectivity index (χ0v) is 12.4. The molecular weight excluding hydrogens is 351 g/mol. The average Bonchev–Trinajstić information content (AvgIpc) is 2.36. The molecule has 0 aliphatic carbocycles. The molecule has 1 aromatic heterocycles. The number of aromatic nitrogens is 1. The number of hydrogen-bond acceptors (Lipinski definition) is 4. The Bertz CT molecular complexity index is 643. The van der Waals surface area contributed by atoms with Crippen molar-refractivity contribution in [2.75, 3.05) is 30.3 Å². The normalized spacial score (nSPS) is 11.9. The fraction of sp³-hybridized carbons (Fsp3) is 0.308. The van der Waals surface area contributed by atoms with Crippen LogP contribution in [-0.2, 0) is 0 Å². The topological polar surface area (TPSA) is 62.4 Å². The van der Waals surface area contributed by atoms with Crippen LogP contribution < -0.4 is 10.6 Å². The second kappa shape index (κ2) is 6.07. The Hall–Kier alpha value is -1.54. The third kappa shape index (κ3) is 3.76. The Morgan fingerprint density at radius 1 is 1.33 bits per heavy atom. The van der Waals surface area contributed by atoms with Gasteiger partial charge in [0, 0.05) is 16.4 Å². The minimum Gasteiger partial charge on any atom is -0.396 e. The van der Waals surface area contributed by atoms with E-state index >= 15 is 0 Å². The van der Waals surface area contributed by atoms with Gasteiger partial charge < -0.3 is 15.7 Å². The molecule has 0 atom stereocenters. The quantitative estimate of drug-likeness (QED) is 0.876. The number of benzene rings is 1. The summed E-state index contributed by atoms with van der Waals surface area (Å²) in [5.41, 5.74) is 6.72. The molecule has 0 fully saturated rings. The third-order valence-electron chi connectivity index (χ3n) is 2.89. The predicted octanol–water partition coefficient (Wildman–Crippen LogP) is 2.94. The fourth-order valence-electron chi connectivity index (χ4n) is 2.13. The first kappa shape index (κ1) is 15.8. The van der Waals surface area contributed by atoms with Crippen molar-refractivity contribution in [1.29, 1.82) is 0 Å². The highest BCUT2D eigenvalue weighted by Crippen LogP contribution is 2.34. The second-order valence-electron chi connectivity index (χ2n) is 4.48. The smallest absolute Gasteiger partial charge is 0.396 e. The average molecular weight is 364 g/mol. The van der Waals surface area contributed by atoms with E-state index in [1.807, 2.05) is 0 Å². The van der Waals surface area contributed by atoms with Crippen molar-refractivity contribution < 1.29 is 18.3 Å². The maximum absolute atomic E-state index is 12.7. The van der Waals surface area contributed by atoms with E-state index in [1.54, 1.807) is 18.2 Å². The minimum atomic E-state index is -4.40. The van der Waals surface area contributed by atoms with E-state index in [0.29, 0.717) is 15.4 Å². The minimum absolute atomic E-state index is 0.137. The molecule has 0 aliphatic heterocycles. The zero-order chi connectivity index (χ0) is 15.6. The van der Waals surface area contributed by atoms with Gasteiger partial charge in [0.15, 0.2) is 0 Å². The molecule has 0 spiro atoms. The standard InChI is InChI=1S/C13H13BrF3N3O/c14-8-1-2-11-9(5-8)12(10(18)6-19-11)20(3-4-21)7-13(15,16)17/h1-2,5-6,21H,3-4,7,18H2. The number of aliphatic hydroxyl groups excluding tert-OH is 1. The van der Waals surface area contributed by atoms with Gasteiger partial charge in [0.2, 0.25) is 0 Å². The maximum Gasteiger partial charge on any atom is 0.405 e. The van der Waals surface area contributed by atoms with Crippen molar-refractivity contribution in [3.63, 3.8) is 0 Å². The highest BCUT2D eigenvalue weighted by molar-refractivity contribution is 9.10. The molecule has 1 aromatic carbocycles. The van der Waals surface area contributed by atoms with E-state index in [4.69, 9.17) is 10.8 Å². The van der Waals surface area contributed by atoms with Crippen LogP contribution in [0.3, 0.4) is 0 Å². The Morgan fingerprint density at radius 2 is 2.05 bits per heavy atom. The SMILES string of the molecule is Nc1cnc2ccc(Br)cc2c1N(CCO)CC(F)(F)F. The summed E-state index contributed by atoms with van der Waals surface area (Å²) in [6.45, 7) is -1.77. The van der Waals surface area contributed by atoms with Crippen LogP contribution in [0.5, 0.6) is 0 Å². The van der Waals surface area contributed by atoms with Crippen LogP contribution in [0.25, 0.3) is 10.9 Å². The number of nitrogen functional groups attached to an aromatic ring is 1. The first-order chi connectivity index (χ1) is 9.81. The van der Waals surface area contributed by atoms with E-state index in [-0.39, 0.29) is 17.9 Å². The van der Waals surface area contributed by atoms with Gasteiger partial charge in [0.25, 0.3) is 0 Å². The molecule has 0 aliphatic rings. The summed E-state index contributed by atoms with van der Waals surface area (Å²) in [6.07, 6.45) is -3.07. The van der Waals surface area contributed by atoms with Crippen molar-refractivity contribution in [3.05, 3.63) is 28.9 Å². The van der Waals surface area contributed by atoms with Crippen molar-refractivity contribution in [1.82, 2.24) is 4.98 Å². The van der Waals surface area contributed by atoms with Crippen LogP contribution in [-0.4, -0.2) is 36.0 Å². The highest BCUT2D eigenvalue weighted by atomic mass is 79.9. The Labute approximate surface area is 127 Å². The summed E-state index contributed by atoms with van der Waals surface area (Å²) >= 11 is 3.28. The van der Waals surface area contributed by atoms with Crippen LogP contribution in [0.1, 0.15) is 0 Å². The molecule has 0 amide bonds. The molecule has 2 rings (SSSR count). The number of alkyl halides is 3. The Kier molecular flexibility index (Phi) is 4.58.